The van der Waals surface area contributed by atoms with E-state index in [1.807, 2.05) is 25.1 Å². The van der Waals surface area contributed by atoms with Gasteiger partial charge in [-0.3, -0.25) is 4.99 Å². The molecule has 3 atom stereocenters. The maximum atomic E-state index is 6.05. The molecule has 0 heterocycles. The Hall–Kier alpha value is -1.26. The van der Waals surface area contributed by atoms with Gasteiger partial charge in [-0.05, 0) is 38.0 Å². The fourth-order valence-electron chi connectivity index (χ4n) is 2.45. The summed E-state index contributed by atoms with van der Waals surface area (Å²) in [6.45, 7) is 5.53. The van der Waals surface area contributed by atoms with Crippen molar-refractivity contribution < 1.29 is 4.74 Å². The molecule has 0 bridgehead atoms. The molecule has 0 aliphatic heterocycles. The first kappa shape index (κ1) is 16.1. The van der Waals surface area contributed by atoms with Crippen molar-refractivity contribution in [1.82, 2.24) is 10.6 Å². The average molecular weight is 310 g/mol. The number of aliphatic imine (C=N–C) groups is 1. The van der Waals surface area contributed by atoms with Crippen molar-refractivity contribution in [3.8, 4) is 0 Å². The molecule has 5 heteroatoms. The highest BCUT2D eigenvalue weighted by atomic mass is 35.5. The summed E-state index contributed by atoms with van der Waals surface area (Å²) in [4.78, 5) is 4.49. The Labute approximate surface area is 131 Å². The van der Waals surface area contributed by atoms with Gasteiger partial charge in [0.1, 0.15) is 0 Å². The minimum Gasteiger partial charge on any atom is -0.383 e. The number of hydrogen-bond donors (Lipinski definition) is 2. The molecule has 0 amide bonds. The van der Waals surface area contributed by atoms with E-state index in [9.17, 15) is 0 Å². The smallest absolute Gasteiger partial charge is 0.191 e. The molecule has 2 N–H and O–H groups in total. The predicted octanol–water partition coefficient (Wildman–Crippen LogP) is 2.79. The lowest BCUT2D eigenvalue weighted by molar-refractivity contribution is 0.179. The predicted molar refractivity (Wildman–Crippen MR) is 88.2 cm³/mol. The molecule has 3 unspecified atom stereocenters. The van der Waals surface area contributed by atoms with Crippen molar-refractivity contribution >= 4 is 17.6 Å². The van der Waals surface area contributed by atoms with Gasteiger partial charge in [0.05, 0.1) is 6.61 Å². The molecule has 0 saturated heterocycles. The lowest BCUT2D eigenvalue weighted by Gasteiger charge is -2.17. The van der Waals surface area contributed by atoms with Gasteiger partial charge in [-0.15, -0.1) is 0 Å². The van der Waals surface area contributed by atoms with Crippen molar-refractivity contribution in [3.05, 3.63) is 34.9 Å². The summed E-state index contributed by atoms with van der Waals surface area (Å²) in [5, 5.41) is 7.65. The first-order valence-corrected chi connectivity index (χ1v) is 7.83. The number of ether oxygens (including phenoxy) is 1. The molecule has 1 aliphatic carbocycles. The Morgan fingerprint density at radius 2 is 2.33 bits per heavy atom. The monoisotopic (exact) mass is 309 g/mol. The van der Waals surface area contributed by atoms with Crippen molar-refractivity contribution in [3.63, 3.8) is 0 Å². The van der Waals surface area contributed by atoms with Crippen molar-refractivity contribution in [2.24, 2.45) is 4.99 Å². The van der Waals surface area contributed by atoms with Crippen LogP contribution in [0.5, 0.6) is 0 Å². The highest BCUT2D eigenvalue weighted by Gasteiger charge is 2.39. The third-order valence-electron chi connectivity index (χ3n) is 3.51. The molecule has 4 nitrogen and oxygen atoms in total. The molecule has 0 radical (unpaired) electrons. The van der Waals surface area contributed by atoms with Gasteiger partial charge in [0, 0.05) is 36.7 Å². The molecule has 1 fully saturated rings. The van der Waals surface area contributed by atoms with Crippen LogP contribution in [0, 0.1) is 0 Å². The second-order valence-corrected chi connectivity index (χ2v) is 5.91. The van der Waals surface area contributed by atoms with Crippen LogP contribution < -0.4 is 10.6 Å². The number of guanidine groups is 1. The molecule has 1 aromatic rings. The standard InChI is InChI=1S/C16H24ClN3O/c1-4-18-16(19-11(2)10-21-3)20-15-9-14(15)12-6-5-7-13(17)8-12/h5-8,11,14-15H,4,9-10H2,1-3H3,(H2,18,19,20). The third-order valence-corrected chi connectivity index (χ3v) is 3.74. The van der Waals surface area contributed by atoms with E-state index < -0.39 is 0 Å². The molecule has 2 rings (SSSR count). The van der Waals surface area contributed by atoms with Crippen LogP contribution in [0.3, 0.4) is 0 Å². The van der Waals surface area contributed by atoms with E-state index in [0.29, 0.717) is 18.6 Å². The Morgan fingerprint density at radius 3 is 3.00 bits per heavy atom. The van der Waals surface area contributed by atoms with E-state index in [2.05, 4.69) is 28.6 Å². The first-order chi connectivity index (χ1) is 10.1. The maximum Gasteiger partial charge on any atom is 0.191 e. The molecular weight excluding hydrogens is 286 g/mol. The number of halogens is 1. The van der Waals surface area contributed by atoms with Gasteiger partial charge in [0.15, 0.2) is 5.96 Å². The highest BCUT2D eigenvalue weighted by molar-refractivity contribution is 6.30. The summed E-state index contributed by atoms with van der Waals surface area (Å²) in [6, 6.07) is 8.76. The normalized spacial score (nSPS) is 22.8. The highest BCUT2D eigenvalue weighted by Crippen LogP contribution is 2.41. The SMILES string of the molecule is CCN=C(NC(C)COC)NC1CC1c1cccc(Cl)c1. The van der Waals surface area contributed by atoms with Gasteiger partial charge >= 0.3 is 0 Å². The van der Waals surface area contributed by atoms with Gasteiger partial charge in [-0.25, -0.2) is 0 Å². The quantitative estimate of drug-likeness (QED) is 0.627. The average Bonchev–Trinajstić information content (AvgIpc) is 3.18. The molecule has 21 heavy (non-hydrogen) atoms. The number of nitrogens with one attached hydrogen (secondary N) is 2. The van der Waals surface area contributed by atoms with E-state index in [4.69, 9.17) is 16.3 Å². The Morgan fingerprint density at radius 1 is 1.52 bits per heavy atom. The fraction of sp³-hybridized carbons (Fsp3) is 0.562. The van der Waals surface area contributed by atoms with Crippen LogP contribution in [-0.2, 0) is 4.74 Å². The summed E-state index contributed by atoms with van der Waals surface area (Å²) in [6.07, 6.45) is 1.11. The van der Waals surface area contributed by atoms with Crippen LogP contribution in [0.15, 0.2) is 29.3 Å². The van der Waals surface area contributed by atoms with Crippen LogP contribution in [0.4, 0.5) is 0 Å². The summed E-state index contributed by atoms with van der Waals surface area (Å²) >= 11 is 6.05. The van der Waals surface area contributed by atoms with Crippen LogP contribution in [0.1, 0.15) is 31.7 Å². The molecule has 116 valence electrons. The van der Waals surface area contributed by atoms with E-state index in [-0.39, 0.29) is 6.04 Å². The van der Waals surface area contributed by atoms with Gasteiger partial charge in [-0.1, -0.05) is 23.7 Å². The molecular formula is C16H24ClN3O. The minimum atomic E-state index is 0.233. The first-order valence-electron chi connectivity index (χ1n) is 7.46. The number of benzene rings is 1. The van der Waals surface area contributed by atoms with Crippen molar-refractivity contribution in [1.29, 1.82) is 0 Å². The Balaban J connectivity index is 1.90. The number of rotatable bonds is 6. The number of hydrogen-bond acceptors (Lipinski definition) is 2. The Kier molecular flexibility index (Phi) is 5.88. The van der Waals surface area contributed by atoms with Gasteiger partial charge in [0.25, 0.3) is 0 Å². The summed E-state index contributed by atoms with van der Waals surface area (Å²) in [5.41, 5.74) is 1.29. The van der Waals surface area contributed by atoms with E-state index in [1.165, 1.54) is 5.56 Å². The number of nitrogens with zero attached hydrogens (tertiary/aromatic N) is 1. The zero-order valence-electron chi connectivity index (χ0n) is 12.9. The van der Waals surface area contributed by atoms with E-state index in [1.54, 1.807) is 7.11 Å². The summed E-state index contributed by atoms with van der Waals surface area (Å²) < 4.78 is 5.15. The molecule has 0 spiro atoms. The van der Waals surface area contributed by atoms with Crippen LogP contribution in [0.25, 0.3) is 0 Å². The molecule has 1 aromatic carbocycles. The van der Waals surface area contributed by atoms with Crippen molar-refractivity contribution in [2.45, 2.75) is 38.3 Å². The van der Waals surface area contributed by atoms with Gasteiger partial charge in [-0.2, -0.15) is 0 Å². The molecule has 0 aromatic heterocycles. The van der Waals surface area contributed by atoms with Crippen LogP contribution in [0.2, 0.25) is 5.02 Å². The second-order valence-electron chi connectivity index (χ2n) is 5.47. The topological polar surface area (TPSA) is 45.7 Å². The zero-order valence-corrected chi connectivity index (χ0v) is 13.7. The van der Waals surface area contributed by atoms with Crippen molar-refractivity contribution in [2.75, 3.05) is 20.3 Å². The van der Waals surface area contributed by atoms with E-state index >= 15 is 0 Å². The Bertz CT molecular complexity index is 492. The third kappa shape index (κ3) is 4.90. The van der Waals surface area contributed by atoms with Gasteiger partial charge in [0.2, 0.25) is 0 Å². The fourth-order valence-corrected chi connectivity index (χ4v) is 2.65. The maximum absolute atomic E-state index is 6.05. The minimum absolute atomic E-state index is 0.233. The lowest BCUT2D eigenvalue weighted by Crippen LogP contribution is -2.45. The molecule has 1 saturated carbocycles. The largest absolute Gasteiger partial charge is 0.383 e. The van der Waals surface area contributed by atoms with E-state index in [0.717, 1.165) is 23.9 Å². The summed E-state index contributed by atoms with van der Waals surface area (Å²) in [5.74, 6) is 1.38. The van der Waals surface area contributed by atoms with Crippen LogP contribution >= 0.6 is 11.6 Å². The molecule has 1 aliphatic rings. The van der Waals surface area contributed by atoms with Gasteiger partial charge < -0.3 is 15.4 Å². The zero-order chi connectivity index (χ0) is 15.2. The second kappa shape index (κ2) is 7.66. The van der Waals surface area contributed by atoms with Crippen LogP contribution in [-0.4, -0.2) is 38.3 Å². The lowest BCUT2D eigenvalue weighted by atomic mass is 10.1. The number of methoxy groups -OCH3 is 1. The summed E-state index contributed by atoms with van der Waals surface area (Å²) in [7, 11) is 1.71.